The molecule has 0 aliphatic rings. The molecule has 0 saturated carbocycles. The number of sulfonamides is 1. The maximum Gasteiger partial charge on any atom is 0.243 e. The Bertz CT molecular complexity index is 1450. The lowest BCUT2D eigenvalue weighted by atomic mass is 10.0. The summed E-state index contributed by atoms with van der Waals surface area (Å²) in [7, 11) is -3.64. The van der Waals surface area contributed by atoms with Crippen LogP contribution in [0.3, 0.4) is 0 Å². The fourth-order valence-corrected chi connectivity index (χ4v) is 6.28. The number of ether oxygens (including phenoxy) is 1. The Morgan fingerprint density at radius 3 is 2.16 bits per heavy atom. The van der Waals surface area contributed by atoms with Crippen molar-refractivity contribution in [3.63, 3.8) is 0 Å². The molecule has 0 fully saturated rings. The van der Waals surface area contributed by atoms with Crippen LogP contribution in [-0.4, -0.2) is 57.1 Å². The van der Waals surface area contributed by atoms with Crippen molar-refractivity contribution in [2.45, 2.75) is 58.5 Å². The van der Waals surface area contributed by atoms with Gasteiger partial charge in [0.2, 0.25) is 21.8 Å². The molecule has 3 aromatic rings. The maximum absolute atomic E-state index is 14.0. The predicted octanol–water partition coefficient (Wildman–Crippen LogP) is 6.49. The molecule has 1 unspecified atom stereocenters. The molecule has 0 spiro atoms. The smallest absolute Gasteiger partial charge is 0.243 e. The lowest BCUT2D eigenvalue weighted by Crippen LogP contribution is -2.50. The van der Waals surface area contributed by atoms with E-state index >= 15 is 0 Å². The number of hydrogen-bond acceptors (Lipinski definition) is 5. The van der Waals surface area contributed by atoms with Crippen molar-refractivity contribution < 1.29 is 22.7 Å². The molecule has 11 heteroatoms. The van der Waals surface area contributed by atoms with Crippen LogP contribution in [0.15, 0.2) is 72.8 Å². The lowest BCUT2D eigenvalue weighted by Gasteiger charge is -2.32. The first kappa shape index (κ1) is 35.2. The summed E-state index contributed by atoms with van der Waals surface area (Å²) >= 11 is 13.0. The molecule has 3 aromatic carbocycles. The van der Waals surface area contributed by atoms with Crippen LogP contribution in [0.25, 0.3) is 0 Å². The molecule has 1 N–H and O–H groups in total. The van der Waals surface area contributed by atoms with Gasteiger partial charge in [0.15, 0.2) is 0 Å². The molecule has 0 heterocycles. The molecule has 0 radical (unpaired) electrons. The van der Waals surface area contributed by atoms with Crippen molar-refractivity contribution in [1.82, 2.24) is 10.2 Å². The summed E-state index contributed by atoms with van der Waals surface area (Å²) in [6, 6.07) is 20.5. The Balaban J connectivity index is 1.89. The minimum atomic E-state index is -3.64. The van der Waals surface area contributed by atoms with Crippen LogP contribution in [0.5, 0.6) is 5.75 Å². The fraction of sp³-hybridized carbons (Fsp3) is 0.394. The average Bonchev–Trinajstić information content (AvgIpc) is 2.99. The van der Waals surface area contributed by atoms with Crippen LogP contribution in [0.4, 0.5) is 5.69 Å². The van der Waals surface area contributed by atoms with Crippen LogP contribution in [0, 0.1) is 0 Å². The molecule has 3 rings (SSSR count). The van der Waals surface area contributed by atoms with E-state index in [9.17, 15) is 18.0 Å². The van der Waals surface area contributed by atoms with Gasteiger partial charge in [0.1, 0.15) is 11.8 Å². The molecule has 0 bridgehead atoms. The second-order valence-corrected chi connectivity index (χ2v) is 13.2. The molecular formula is C33H41Cl2N3O5S. The van der Waals surface area contributed by atoms with Crippen LogP contribution in [0.1, 0.15) is 50.7 Å². The zero-order chi connectivity index (χ0) is 32.1. The van der Waals surface area contributed by atoms with Gasteiger partial charge in [0.25, 0.3) is 0 Å². The van der Waals surface area contributed by atoms with Gasteiger partial charge < -0.3 is 15.0 Å². The number of rotatable bonds is 17. The Morgan fingerprint density at radius 2 is 1.57 bits per heavy atom. The third-order valence-electron chi connectivity index (χ3n) is 7.08. The minimum absolute atomic E-state index is 0.00134. The van der Waals surface area contributed by atoms with E-state index in [1.807, 2.05) is 44.2 Å². The zero-order valence-corrected chi connectivity index (χ0v) is 27.8. The molecule has 0 aliphatic carbocycles. The summed E-state index contributed by atoms with van der Waals surface area (Å²) in [5.41, 5.74) is 1.90. The lowest BCUT2D eigenvalue weighted by molar-refractivity contribution is -0.141. The first-order valence-corrected chi connectivity index (χ1v) is 17.4. The van der Waals surface area contributed by atoms with Gasteiger partial charge in [-0.1, -0.05) is 72.9 Å². The summed E-state index contributed by atoms with van der Waals surface area (Å²) in [6.07, 6.45) is 3.36. The number of halogens is 2. The molecule has 0 aromatic heterocycles. The summed E-state index contributed by atoms with van der Waals surface area (Å²) < 4.78 is 32.2. The van der Waals surface area contributed by atoms with E-state index in [4.69, 9.17) is 27.9 Å². The van der Waals surface area contributed by atoms with Gasteiger partial charge in [0, 0.05) is 48.1 Å². The molecule has 44 heavy (non-hydrogen) atoms. The third-order valence-corrected chi connectivity index (χ3v) is 8.98. The number of anilines is 1. The topological polar surface area (TPSA) is 96.0 Å². The number of nitrogens with one attached hydrogen (secondary N) is 1. The van der Waals surface area contributed by atoms with Crippen molar-refractivity contribution in [3.8, 4) is 5.75 Å². The molecule has 238 valence electrons. The normalized spacial score (nSPS) is 11.9. The summed E-state index contributed by atoms with van der Waals surface area (Å²) in [4.78, 5) is 29.1. The minimum Gasteiger partial charge on any atom is -0.494 e. The maximum atomic E-state index is 14.0. The summed E-state index contributed by atoms with van der Waals surface area (Å²) in [6.45, 7) is 4.98. The van der Waals surface area contributed by atoms with E-state index in [0.717, 1.165) is 24.7 Å². The highest BCUT2D eigenvalue weighted by Gasteiger charge is 2.31. The van der Waals surface area contributed by atoms with E-state index in [-0.39, 0.29) is 44.2 Å². The predicted molar refractivity (Wildman–Crippen MR) is 178 cm³/mol. The standard InChI is InChI=1S/C33H41Cl2N3O5S/c1-4-6-21-36-33(40)31(23-25-12-8-7-9-13-25)37(24-28-29(34)14-10-15-30(28)35)32(39)16-11-22-38(44(3,41)42)26-17-19-27(20-18-26)43-5-2/h7-10,12-15,17-20,31H,4-6,11,16,21-24H2,1-3H3,(H,36,40). The third kappa shape index (κ3) is 10.4. The highest BCUT2D eigenvalue weighted by molar-refractivity contribution is 7.92. The van der Waals surface area contributed by atoms with Gasteiger partial charge in [-0.2, -0.15) is 0 Å². The van der Waals surface area contributed by atoms with Crippen molar-refractivity contribution in [3.05, 3.63) is 94.0 Å². The van der Waals surface area contributed by atoms with E-state index in [2.05, 4.69) is 5.32 Å². The molecule has 0 saturated heterocycles. The Morgan fingerprint density at radius 1 is 0.909 bits per heavy atom. The van der Waals surface area contributed by atoms with E-state index in [1.165, 1.54) is 9.21 Å². The van der Waals surface area contributed by atoms with Crippen LogP contribution >= 0.6 is 23.2 Å². The number of hydrogen-bond donors (Lipinski definition) is 1. The number of benzene rings is 3. The van der Waals surface area contributed by atoms with Gasteiger partial charge in [0.05, 0.1) is 18.6 Å². The molecule has 8 nitrogen and oxygen atoms in total. The van der Waals surface area contributed by atoms with Crippen LogP contribution in [0.2, 0.25) is 10.0 Å². The highest BCUT2D eigenvalue weighted by Crippen LogP contribution is 2.28. The Kier molecular flexibility index (Phi) is 13.8. The molecule has 1 atom stereocenters. The molecular weight excluding hydrogens is 621 g/mol. The monoisotopic (exact) mass is 661 g/mol. The van der Waals surface area contributed by atoms with Gasteiger partial charge in [-0.3, -0.25) is 13.9 Å². The highest BCUT2D eigenvalue weighted by atomic mass is 35.5. The second-order valence-electron chi connectivity index (χ2n) is 10.4. The van der Waals surface area contributed by atoms with Gasteiger partial charge in [-0.05, 0) is 61.7 Å². The average molecular weight is 663 g/mol. The summed E-state index contributed by atoms with van der Waals surface area (Å²) in [5.74, 6) is 0.0501. The van der Waals surface area contributed by atoms with Crippen molar-refractivity contribution in [1.29, 1.82) is 0 Å². The van der Waals surface area contributed by atoms with Gasteiger partial charge >= 0.3 is 0 Å². The number of carbonyl (C=O) groups excluding carboxylic acids is 2. The van der Waals surface area contributed by atoms with Crippen molar-refractivity contribution in [2.75, 3.05) is 30.3 Å². The number of amides is 2. The first-order chi connectivity index (χ1) is 21.0. The second kappa shape index (κ2) is 17.3. The van der Waals surface area contributed by atoms with Crippen LogP contribution in [-0.2, 0) is 32.6 Å². The Hall–Kier alpha value is -3.27. The SMILES string of the molecule is CCCCNC(=O)C(Cc1ccccc1)N(Cc1c(Cl)cccc1Cl)C(=O)CCCN(c1ccc(OCC)cc1)S(C)(=O)=O. The zero-order valence-electron chi connectivity index (χ0n) is 25.5. The van der Waals surface area contributed by atoms with Gasteiger partial charge in [-0.25, -0.2) is 8.42 Å². The molecule has 0 aliphatic heterocycles. The number of unbranched alkanes of at least 4 members (excludes halogenated alkanes) is 1. The number of nitrogens with zero attached hydrogens (tertiary/aromatic N) is 2. The molecule has 2 amide bonds. The van der Waals surface area contributed by atoms with E-state index < -0.39 is 16.1 Å². The quantitative estimate of drug-likeness (QED) is 0.167. The fourth-order valence-electron chi connectivity index (χ4n) is 4.79. The summed E-state index contributed by atoms with van der Waals surface area (Å²) in [5, 5.41) is 3.76. The van der Waals surface area contributed by atoms with Gasteiger partial charge in [-0.15, -0.1) is 0 Å². The Labute approximate surface area is 271 Å². The van der Waals surface area contributed by atoms with E-state index in [1.54, 1.807) is 42.5 Å². The van der Waals surface area contributed by atoms with Crippen LogP contribution < -0.4 is 14.4 Å². The largest absolute Gasteiger partial charge is 0.494 e. The number of carbonyl (C=O) groups is 2. The van der Waals surface area contributed by atoms with Crippen molar-refractivity contribution in [2.24, 2.45) is 0 Å². The van der Waals surface area contributed by atoms with Crippen molar-refractivity contribution >= 4 is 50.7 Å². The van der Waals surface area contributed by atoms with E-state index in [0.29, 0.717) is 40.2 Å². The first-order valence-electron chi connectivity index (χ1n) is 14.8.